The maximum absolute atomic E-state index is 12.6. The fourth-order valence-corrected chi connectivity index (χ4v) is 2.92. The molecule has 2 amide bonds. The smallest absolute Gasteiger partial charge is 0.416 e. The number of esters is 1. The van der Waals surface area contributed by atoms with E-state index in [0.29, 0.717) is 5.69 Å². The zero-order valence-corrected chi connectivity index (χ0v) is 18.2. The van der Waals surface area contributed by atoms with Gasteiger partial charge in [0, 0.05) is 11.3 Å². The van der Waals surface area contributed by atoms with E-state index in [1.165, 1.54) is 6.92 Å². The van der Waals surface area contributed by atoms with Gasteiger partial charge in [0.2, 0.25) is 0 Å². The highest BCUT2D eigenvalue weighted by Crippen LogP contribution is 2.29. The first-order chi connectivity index (χ1) is 14.9. The van der Waals surface area contributed by atoms with Crippen LogP contribution < -0.4 is 10.6 Å². The highest BCUT2D eigenvalue weighted by Gasteiger charge is 2.30. The van der Waals surface area contributed by atoms with Crippen molar-refractivity contribution in [3.05, 3.63) is 64.7 Å². The largest absolute Gasteiger partial charge is 0.451 e. The fraction of sp³-hybridized carbons (Fsp3) is 0.348. The van der Waals surface area contributed by atoms with Gasteiger partial charge >= 0.3 is 12.1 Å². The van der Waals surface area contributed by atoms with Gasteiger partial charge in [0.15, 0.2) is 6.10 Å². The third-order valence-corrected chi connectivity index (χ3v) is 4.72. The Hall–Kier alpha value is -3.36. The van der Waals surface area contributed by atoms with Gasteiger partial charge in [-0.2, -0.15) is 13.2 Å². The summed E-state index contributed by atoms with van der Waals surface area (Å²) in [6.07, 6.45) is -5.63. The molecule has 0 spiro atoms. The lowest BCUT2D eigenvalue weighted by molar-refractivity contribution is -0.152. The summed E-state index contributed by atoms with van der Waals surface area (Å²) >= 11 is 0. The van der Waals surface area contributed by atoms with Crippen LogP contribution in [0.15, 0.2) is 42.5 Å². The zero-order valence-electron chi connectivity index (χ0n) is 18.2. The van der Waals surface area contributed by atoms with Crippen LogP contribution in [0.5, 0.6) is 0 Å². The van der Waals surface area contributed by atoms with Crippen molar-refractivity contribution in [3.8, 4) is 0 Å². The fourth-order valence-electron chi connectivity index (χ4n) is 2.92. The average molecular weight is 450 g/mol. The molecule has 9 heteroatoms. The van der Waals surface area contributed by atoms with Crippen molar-refractivity contribution in [2.24, 2.45) is 0 Å². The molecule has 1 atom stereocenters. The monoisotopic (exact) mass is 450 g/mol. The first kappa shape index (κ1) is 24.9. The molecule has 2 N–H and O–H groups in total. The Morgan fingerprint density at radius 1 is 1.00 bits per heavy atom. The molecule has 6 nitrogen and oxygen atoms in total. The van der Waals surface area contributed by atoms with Gasteiger partial charge in [0.05, 0.1) is 5.56 Å². The predicted octanol–water partition coefficient (Wildman–Crippen LogP) is 4.44. The topological polar surface area (TPSA) is 84.5 Å². The van der Waals surface area contributed by atoms with Crippen molar-refractivity contribution in [2.75, 3.05) is 11.9 Å². The van der Waals surface area contributed by atoms with Crippen molar-refractivity contribution in [1.29, 1.82) is 0 Å². The minimum atomic E-state index is -4.51. The van der Waals surface area contributed by atoms with E-state index >= 15 is 0 Å². The third kappa shape index (κ3) is 6.57. The van der Waals surface area contributed by atoms with Crippen molar-refractivity contribution < 1.29 is 32.3 Å². The van der Waals surface area contributed by atoms with Crippen molar-refractivity contribution in [1.82, 2.24) is 5.32 Å². The number of para-hydroxylation sites is 1. The lowest BCUT2D eigenvalue weighted by atomic mass is 9.98. The summed E-state index contributed by atoms with van der Waals surface area (Å²) < 4.78 is 42.8. The maximum Gasteiger partial charge on any atom is 0.416 e. The summed E-state index contributed by atoms with van der Waals surface area (Å²) in [6.45, 7) is 6.70. The lowest BCUT2D eigenvalue weighted by Gasteiger charge is -2.19. The predicted molar refractivity (Wildman–Crippen MR) is 113 cm³/mol. The van der Waals surface area contributed by atoms with Crippen LogP contribution in [0.4, 0.5) is 18.9 Å². The highest BCUT2D eigenvalue weighted by atomic mass is 19.4. The Balaban J connectivity index is 1.90. The molecule has 2 rings (SSSR count). The Labute approximate surface area is 184 Å². The standard InChI is InChI=1S/C23H25F3N2O4/c1-13(2)18-7-5-6-14(3)20(18)28-21(30)15(4)32-19(29)12-27-22(31)16-8-10-17(11-9-16)23(24,25)26/h5-11,13,15H,12H2,1-4H3,(H,27,31)(H,28,30). The van der Waals surface area contributed by atoms with Crippen LogP contribution in [0.2, 0.25) is 0 Å². The maximum atomic E-state index is 12.6. The third-order valence-electron chi connectivity index (χ3n) is 4.72. The molecule has 0 aliphatic rings. The summed E-state index contributed by atoms with van der Waals surface area (Å²) in [5, 5.41) is 5.04. The molecule has 0 saturated heterocycles. The van der Waals surface area contributed by atoms with Crippen LogP contribution in [-0.4, -0.2) is 30.4 Å². The van der Waals surface area contributed by atoms with Gasteiger partial charge in [0.1, 0.15) is 6.54 Å². The van der Waals surface area contributed by atoms with E-state index < -0.39 is 42.2 Å². The molecule has 0 aliphatic carbocycles. The molecule has 2 aromatic rings. The summed E-state index contributed by atoms with van der Waals surface area (Å²) in [6, 6.07) is 9.22. The van der Waals surface area contributed by atoms with Crippen molar-refractivity contribution in [3.63, 3.8) is 0 Å². The summed E-state index contributed by atoms with van der Waals surface area (Å²) in [7, 11) is 0. The number of carbonyl (C=O) groups excluding carboxylic acids is 3. The van der Waals surface area contributed by atoms with E-state index in [1.807, 2.05) is 39.0 Å². The van der Waals surface area contributed by atoms with Gasteiger partial charge in [-0.25, -0.2) is 0 Å². The Morgan fingerprint density at radius 2 is 1.62 bits per heavy atom. The van der Waals surface area contributed by atoms with Gasteiger partial charge in [0.25, 0.3) is 11.8 Å². The molecular weight excluding hydrogens is 425 g/mol. The number of hydrogen-bond donors (Lipinski definition) is 2. The number of rotatable bonds is 7. The Bertz CT molecular complexity index is 986. The highest BCUT2D eigenvalue weighted by molar-refractivity contribution is 5.98. The molecule has 2 aromatic carbocycles. The lowest BCUT2D eigenvalue weighted by Crippen LogP contribution is -2.36. The van der Waals surface area contributed by atoms with Crippen LogP contribution in [0.1, 0.15) is 53.7 Å². The first-order valence-electron chi connectivity index (χ1n) is 9.95. The number of amides is 2. The van der Waals surface area contributed by atoms with Gasteiger partial charge in [-0.3, -0.25) is 14.4 Å². The average Bonchev–Trinajstić information content (AvgIpc) is 2.72. The van der Waals surface area contributed by atoms with Crippen molar-refractivity contribution >= 4 is 23.5 Å². The van der Waals surface area contributed by atoms with Crippen LogP contribution in [0.25, 0.3) is 0 Å². The molecule has 172 valence electrons. The second-order valence-electron chi connectivity index (χ2n) is 7.57. The van der Waals surface area contributed by atoms with E-state index in [2.05, 4.69) is 10.6 Å². The molecule has 0 bridgehead atoms. The molecular formula is C23H25F3N2O4. The number of halogens is 3. The summed E-state index contributed by atoms with van der Waals surface area (Å²) in [4.78, 5) is 36.5. The molecule has 0 heterocycles. The molecule has 0 fully saturated rings. The second-order valence-corrected chi connectivity index (χ2v) is 7.57. The van der Waals surface area contributed by atoms with E-state index in [-0.39, 0.29) is 11.5 Å². The van der Waals surface area contributed by atoms with Crippen LogP contribution in [-0.2, 0) is 20.5 Å². The quantitative estimate of drug-likeness (QED) is 0.611. The van der Waals surface area contributed by atoms with E-state index in [9.17, 15) is 27.6 Å². The normalized spacial score (nSPS) is 12.2. The first-order valence-corrected chi connectivity index (χ1v) is 9.95. The number of anilines is 1. The molecule has 0 aliphatic heterocycles. The zero-order chi connectivity index (χ0) is 24.1. The molecule has 0 radical (unpaired) electrons. The Morgan fingerprint density at radius 3 is 2.19 bits per heavy atom. The molecule has 0 aromatic heterocycles. The molecule has 0 saturated carbocycles. The minimum Gasteiger partial charge on any atom is -0.451 e. The molecule has 32 heavy (non-hydrogen) atoms. The van der Waals surface area contributed by atoms with Gasteiger partial charge in [-0.05, 0) is 55.2 Å². The number of benzene rings is 2. The summed E-state index contributed by atoms with van der Waals surface area (Å²) in [5.74, 6) is -1.96. The number of aryl methyl sites for hydroxylation is 1. The van der Waals surface area contributed by atoms with Crippen LogP contribution in [0, 0.1) is 6.92 Å². The SMILES string of the molecule is Cc1cccc(C(C)C)c1NC(=O)C(C)OC(=O)CNC(=O)c1ccc(C(F)(F)F)cc1. The number of hydrogen-bond acceptors (Lipinski definition) is 4. The van der Waals surface area contributed by atoms with Crippen molar-refractivity contribution in [2.45, 2.75) is 45.9 Å². The van der Waals surface area contributed by atoms with Gasteiger partial charge < -0.3 is 15.4 Å². The number of alkyl halides is 3. The van der Waals surface area contributed by atoms with E-state index in [4.69, 9.17) is 4.74 Å². The van der Waals surface area contributed by atoms with Gasteiger partial charge in [-0.15, -0.1) is 0 Å². The van der Waals surface area contributed by atoms with Gasteiger partial charge in [-0.1, -0.05) is 32.0 Å². The molecule has 1 unspecified atom stereocenters. The number of ether oxygens (including phenoxy) is 1. The van der Waals surface area contributed by atoms with E-state index in [1.54, 1.807) is 0 Å². The second kappa shape index (κ2) is 10.3. The number of nitrogens with one attached hydrogen (secondary N) is 2. The Kier molecular flexibility index (Phi) is 8.02. The minimum absolute atomic E-state index is 0.0441. The summed E-state index contributed by atoms with van der Waals surface area (Å²) in [5.41, 5.74) is 1.54. The van der Waals surface area contributed by atoms with E-state index in [0.717, 1.165) is 35.4 Å². The van der Waals surface area contributed by atoms with Crippen LogP contribution >= 0.6 is 0 Å². The van der Waals surface area contributed by atoms with Crippen LogP contribution in [0.3, 0.4) is 0 Å². The number of carbonyl (C=O) groups is 3.